The van der Waals surface area contributed by atoms with Crippen LogP contribution in [0.4, 0.5) is 0 Å². The second-order valence-electron chi connectivity index (χ2n) is 6.28. The molecule has 7 nitrogen and oxygen atoms in total. The number of morpholine rings is 1. The number of nitrogens with zero attached hydrogens (tertiary/aromatic N) is 1. The van der Waals surface area contributed by atoms with Crippen molar-refractivity contribution in [1.29, 1.82) is 0 Å². The average molecular weight is 484 g/mol. The van der Waals surface area contributed by atoms with Crippen molar-refractivity contribution in [3.63, 3.8) is 0 Å². The Balaban J connectivity index is 1.78. The lowest BCUT2D eigenvalue weighted by Crippen LogP contribution is -2.40. The van der Waals surface area contributed by atoms with Crippen molar-refractivity contribution >= 4 is 31.9 Å². The van der Waals surface area contributed by atoms with E-state index in [0.717, 1.165) is 5.56 Å². The van der Waals surface area contributed by atoms with E-state index in [0.29, 0.717) is 30.0 Å². The third-order valence-corrected chi connectivity index (χ3v) is 7.28. The van der Waals surface area contributed by atoms with E-state index in [-0.39, 0.29) is 30.2 Å². The summed E-state index contributed by atoms with van der Waals surface area (Å²) in [6, 6.07) is 11.7. The molecule has 0 atom stereocenters. The Kier molecular flexibility index (Phi) is 7.28. The maximum atomic E-state index is 13.0. The molecule has 2 aromatic carbocycles. The molecule has 1 fully saturated rings. The van der Waals surface area contributed by atoms with Gasteiger partial charge in [-0.25, -0.2) is 13.2 Å². The fourth-order valence-electron chi connectivity index (χ4n) is 2.90. The smallest absolute Gasteiger partial charge is 0.338 e. The largest absolute Gasteiger partial charge is 0.493 e. The Morgan fingerprint density at radius 2 is 1.90 bits per heavy atom. The number of rotatable bonds is 7. The normalized spacial score (nSPS) is 15.1. The molecule has 29 heavy (non-hydrogen) atoms. The van der Waals surface area contributed by atoms with Crippen LogP contribution >= 0.6 is 15.9 Å². The summed E-state index contributed by atoms with van der Waals surface area (Å²) in [6.07, 6.45) is 0. The molecule has 156 valence electrons. The molecule has 1 aliphatic rings. The zero-order valence-electron chi connectivity index (χ0n) is 16.0. The number of carbonyl (C=O) groups is 1. The average Bonchev–Trinajstić information content (AvgIpc) is 2.74. The second kappa shape index (κ2) is 9.71. The molecule has 1 saturated heterocycles. The molecule has 2 aromatic rings. The lowest BCUT2D eigenvalue weighted by atomic mass is 10.2. The molecule has 0 spiro atoms. The molecule has 0 radical (unpaired) electrons. The molecular formula is C20H22BrNO6S. The van der Waals surface area contributed by atoms with Crippen LogP contribution < -0.4 is 4.74 Å². The third kappa shape index (κ3) is 5.16. The highest BCUT2D eigenvalue weighted by molar-refractivity contribution is 9.10. The van der Waals surface area contributed by atoms with E-state index in [9.17, 15) is 13.2 Å². The molecule has 9 heteroatoms. The number of ether oxygens (including phenoxy) is 3. The van der Waals surface area contributed by atoms with Crippen molar-refractivity contribution in [3.05, 3.63) is 58.1 Å². The number of carbonyl (C=O) groups excluding carboxylic acids is 1. The van der Waals surface area contributed by atoms with Crippen LogP contribution in [0, 0.1) is 0 Å². The first-order chi connectivity index (χ1) is 13.9. The molecule has 0 aromatic heterocycles. The Morgan fingerprint density at radius 1 is 1.17 bits per heavy atom. The van der Waals surface area contributed by atoms with Gasteiger partial charge in [0.15, 0.2) is 0 Å². The summed E-state index contributed by atoms with van der Waals surface area (Å²) in [5.74, 6) is 0.0384. The summed E-state index contributed by atoms with van der Waals surface area (Å²) >= 11 is 3.28. The Bertz CT molecular complexity index is 973. The van der Waals surface area contributed by atoms with Crippen LogP contribution in [0.15, 0.2) is 51.8 Å². The van der Waals surface area contributed by atoms with Crippen LogP contribution in [-0.2, 0) is 26.1 Å². The predicted molar refractivity (Wildman–Crippen MR) is 110 cm³/mol. The van der Waals surface area contributed by atoms with Gasteiger partial charge in [0.05, 0.1) is 30.3 Å². The lowest BCUT2D eigenvalue weighted by molar-refractivity contribution is 0.0469. The van der Waals surface area contributed by atoms with E-state index in [1.165, 1.54) is 22.5 Å². The van der Waals surface area contributed by atoms with Gasteiger partial charge in [-0.1, -0.05) is 18.2 Å². The minimum Gasteiger partial charge on any atom is -0.493 e. The predicted octanol–water partition coefficient (Wildman–Crippen LogP) is 3.23. The van der Waals surface area contributed by atoms with Gasteiger partial charge in [0, 0.05) is 23.1 Å². The van der Waals surface area contributed by atoms with Crippen LogP contribution in [0.2, 0.25) is 0 Å². The highest BCUT2D eigenvalue weighted by Crippen LogP contribution is 2.27. The topological polar surface area (TPSA) is 82.1 Å². The molecule has 0 amide bonds. The lowest BCUT2D eigenvalue weighted by Gasteiger charge is -2.26. The van der Waals surface area contributed by atoms with Gasteiger partial charge >= 0.3 is 5.97 Å². The number of hydrogen-bond donors (Lipinski definition) is 0. The third-order valence-electron chi connectivity index (χ3n) is 4.39. The highest BCUT2D eigenvalue weighted by atomic mass is 79.9. The number of hydrogen-bond acceptors (Lipinski definition) is 6. The van der Waals surface area contributed by atoms with Gasteiger partial charge < -0.3 is 14.2 Å². The van der Waals surface area contributed by atoms with Gasteiger partial charge in [0.25, 0.3) is 0 Å². The summed E-state index contributed by atoms with van der Waals surface area (Å²) in [7, 11) is -3.75. The van der Waals surface area contributed by atoms with Crippen molar-refractivity contribution in [1.82, 2.24) is 4.31 Å². The van der Waals surface area contributed by atoms with Crippen LogP contribution in [0.25, 0.3) is 0 Å². The zero-order chi connectivity index (χ0) is 20.9. The van der Waals surface area contributed by atoms with Crippen molar-refractivity contribution in [2.45, 2.75) is 18.4 Å². The quantitative estimate of drug-likeness (QED) is 0.562. The molecule has 0 N–H and O–H groups in total. The van der Waals surface area contributed by atoms with Gasteiger partial charge in [0.2, 0.25) is 10.0 Å². The van der Waals surface area contributed by atoms with Crippen LogP contribution in [-0.4, -0.2) is 51.6 Å². The van der Waals surface area contributed by atoms with Gasteiger partial charge in [-0.2, -0.15) is 4.31 Å². The summed E-state index contributed by atoms with van der Waals surface area (Å²) in [4.78, 5) is 12.6. The Morgan fingerprint density at radius 3 is 2.62 bits per heavy atom. The van der Waals surface area contributed by atoms with E-state index in [1.807, 2.05) is 25.1 Å². The van der Waals surface area contributed by atoms with E-state index < -0.39 is 16.0 Å². The summed E-state index contributed by atoms with van der Waals surface area (Å²) < 4.78 is 43.8. The number of para-hydroxylation sites is 1. The number of esters is 1. The van der Waals surface area contributed by atoms with Gasteiger partial charge in [-0.3, -0.25) is 0 Å². The van der Waals surface area contributed by atoms with Crippen LogP contribution in [0.5, 0.6) is 5.75 Å². The van der Waals surface area contributed by atoms with Crippen LogP contribution in [0.1, 0.15) is 22.8 Å². The summed E-state index contributed by atoms with van der Waals surface area (Å²) in [5.41, 5.74) is 0.898. The first-order valence-electron chi connectivity index (χ1n) is 9.18. The fourth-order valence-corrected chi connectivity index (χ4v) is 5.26. The maximum absolute atomic E-state index is 13.0. The number of sulfonamides is 1. The standard InChI is InChI=1S/C20H22BrNO6S/c1-2-27-18-6-4-3-5-16(18)14-28-20(23)15-7-8-17(21)19(13-15)29(24,25)22-9-11-26-12-10-22/h3-8,13H,2,9-12,14H2,1H3. The van der Waals surface area contributed by atoms with Gasteiger partial charge in [-0.05, 0) is 47.1 Å². The Hall–Kier alpha value is -1.94. The SMILES string of the molecule is CCOc1ccccc1COC(=O)c1ccc(Br)c(S(=O)(=O)N2CCOCC2)c1. The van der Waals surface area contributed by atoms with E-state index >= 15 is 0 Å². The minimum atomic E-state index is -3.75. The minimum absolute atomic E-state index is 0.0244. The molecule has 0 aliphatic carbocycles. The first kappa shape index (κ1) is 21.8. The molecule has 3 rings (SSSR count). The van der Waals surface area contributed by atoms with Gasteiger partial charge in [0.1, 0.15) is 12.4 Å². The summed E-state index contributed by atoms with van der Waals surface area (Å²) in [5, 5.41) is 0. The molecule has 0 bridgehead atoms. The molecule has 0 saturated carbocycles. The molecule has 1 aliphatic heterocycles. The molecular weight excluding hydrogens is 462 g/mol. The van der Waals surface area contributed by atoms with Crippen molar-refractivity contribution < 1.29 is 27.4 Å². The summed E-state index contributed by atoms with van der Waals surface area (Å²) in [6.45, 7) is 3.64. The van der Waals surface area contributed by atoms with Gasteiger partial charge in [-0.15, -0.1) is 0 Å². The van der Waals surface area contributed by atoms with Crippen molar-refractivity contribution in [2.24, 2.45) is 0 Å². The first-order valence-corrected chi connectivity index (χ1v) is 11.4. The molecule has 0 unspecified atom stereocenters. The highest BCUT2D eigenvalue weighted by Gasteiger charge is 2.29. The van der Waals surface area contributed by atoms with E-state index in [4.69, 9.17) is 14.2 Å². The second-order valence-corrected chi connectivity index (χ2v) is 9.04. The molecule has 1 heterocycles. The van der Waals surface area contributed by atoms with Crippen molar-refractivity contribution in [2.75, 3.05) is 32.9 Å². The van der Waals surface area contributed by atoms with E-state index in [1.54, 1.807) is 6.07 Å². The van der Waals surface area contributed by atoms with E-state index in [2.05, 4.69) is 15.9 Å². The monoisotopic (exact) mass is 483 g/mol. The van der Waals surface area contributed by atoms with Crippen LogP contribution in [0.3, 0.4) is 0 Å². The van der Waals surface area contributed by atoms with Crippen molar-refractivity contribution in [3.8, 4) is 5.75 Å². The number of halogens is 1. The Labute approximate surface area is 178 Å². The zero-order valence-corrected chi connectivity index (χ0v) is 18.4. The fraction of sp³-hybridized carbons (Fsp3) is 0.350. The maximum Gasteiger partial charge on any atom is 0.338 e. The number of benzene rings is 2.